The van der Waals surface area contributed by atoms with Crippen molar-refractivity contribution in [3.8, 4) is 0 Å². The molecule has 0 saturated carbocycles. The van der Waals surface area contributed by atoms with Gasteiger partial charge in [-0.2, -0.15) is 13.2 Å². The zero-order valence-electron chi connectivity index (χ0n) is 12.4. The summed E-state index contributed by atoms with van der Waals surface area (Å²) in [5, 5.41) is 2.96. The highest BCUT2D eigenvalue weighted by Crippen LogP contribution is 2.35. The van der Waals surface area contributed by atoms with Gasteiger partial charge in [0, 0.05) is 25.1 Å². The first-order valence-electron chi connectivity index (χ1n) is 7.01. The van der Waals surface area contributed by atoms with Gasteiger partial charge < -0.3 is 10.1 Å². The highest BCUT2D eigenvalue weighted by Gasteiger charge is 2.33. The number of methoxy groups -OCH3 is 1. The third-order valence-electron chi connectivity index (χ3n) is 2.95. The van der Waals surface area contributed by atoms with E-state index >= 15 is 0 Å². The molecule has 6 heteroatoms. The van der Waals surface area contributed by atoms with Gasteiger partial charge in [-0.3, -0.25) is 0 Å². The number of unbranched alkanes of at least 4 members (excludes halogenated alkanes) is 1. The van der Waals surface area contributed by atoms with Crippen molar-refractivity contribution in [1.29, 1.82) is 0 Å². The average Bonchev–Trinajstić information content (AvgIpc) is 2.44. The lowest BCUT2D eigenvalue weighted by Gasteiger charge is -2.15. The largest absolute Gasteiger partial charge is 0.416 e. The molecule has 0 saturated heterocycles. The maximum Gasteiger partial charge on any atom is 0.416 e. The van der Waals surface area contributed by atoms with E-state index in [1.807, 2.05) is 0 Å². The Kier molecular flexibility index (Phi) is 8.14. The molecular formula is C15H22F3NOS. The van der Waals surface area contributed by atoms with Crippen LogP contribution in [-0.2, 0) is 17.5 Å². The number of halogens is 3. The molecule has 0 aliphatic carbocycles. The summed E-state index contributed by atoms with van der Waals surface area (Å²) in [7, 11) is 1.56. The number of ether oxygens (including phenoxy) is 1. The van der Waals surface area contributed by atoms with E-state index < -0.39 is 11.7 Å². The molecule has 1 aromatic rings. The summed E-state index contributed by atoms with van der Waals surface area (Å²) < 4.78 is 44.3. The Labute approximate surface area is 128 Å². The molecule has 0 atom stereocenters. The lowest BCUT2D eigenvalue weighted by Crippen LogP contribution is -2.21. The van der Waals surface area contributed by atoms with Gasteiger partial charge in [0.25, 0.3) is 0 Å². The van der Waals surface area contributed by atoms with E-state index in [2.05, 4.69) is 12.2 Å². The summed E-state index contributed by atoms with van der Waals surface area (Å²) in [4.78, 5) is 0.677. The molecule has 0 heterocycles. The molecular weight excluding hydrogens is 299 g/mol. The summed E-state index contributed by atoms with van der Waals surface area (Å²) in [6.07, 6.45) is -2.27. The van der Waals surface area contributed by atoms with Gasteiger partial charge >= 0.3 is 6.18 Å². The number of benzene rings is 1. The van der Waals surface area contributed by atoms with Crippen molar-refractivity contribution in [2.45, 2.75) is 37.4 Å². The fourth-order valence-electron chi connectivity index (χ4n) is 1.80. The molecule has 1 aromatic carbocycles. The monoisotopic (exact) mass is 321 g/mol. The fraction of sp³-hybridized carbons (Fsp3) is 0.600. The summed E-state index contributed by atoms with van der Waals surface area (Å²) in [5.74, 6) is 0.846. The molecule has 21 heavy (non-hydrogen) atoms. The van der Waals surface area contributed by atoms with Crippen LogP contribution in [0, 0.1) is 0 Å². The first-order valence-corrected chi connectivity index (χ1v) is 8.00. The minimum Gasteiger partial charge on any atom is -0.383 e. The highest BCUT2D eigenvalue weighted by atomic mass is 32.2. The van der Waals surface area contributed by atoms with Crippen molar-refractivity contribution in [1.82, 2.24) is 5.32 Å². The Hall–Kier alpha value is -0.720. The van der Waals surface area contributed by atoms with E-state index in [0.29, 0.717) is 18.0 Å². The van der Waals surface area contributed by atoms with Gasteiger partial charge in [0.1, 0.15) is 0 Å². The van der Waals surface area contributed by atoms with Crippen LogP contribution in [0.3, 0.4) is 0 Å². The van der Waals surface area contributed by atoms with Crippen molar-refractivity contribution < 1.29 is 17.9 Å². The molecule has 0 bridgehead atoms. The second-order valence-electron chi connectivity index (χ2n) is 4.69. The summed E-state index contributed by atoms with van der Waals surface area (Å²) in [6.45, 7) is 3.27. The topological polar surface area (TPSA) is 21.3 Å². The van der Waals surface area contributed by atoms with Crippen LogP contribution < -0.4 is 5.32 Å². The maximum absolute atomic E-state index is 13.1. The van der Waals surface area contributed by atoms with E-state index in [4.69, 9.17) is 4.74 Å². The zero-order chi connectivity index (χ0) is 15.7. The first-order chi connectivity index (χ1) is 9.99. The number of hydrogen-bond acceptors (Lipinski definition) is 3. The van der Waals surface area contributed by atoms with Crippen molar-refractivity contribution in [3.63, 3.8) is 0 Å². The van der Waals surface area contributed by atoms with Gasteiger partial charge in [-0.05, 0) is 29.9 Å². The molecule has 2 nitrogen and oxygen atoms in total. The van der Waals surface area contributed by atoms with Gasteiger partial charge in [0.05, 0.1) is 12.2 Å². The lowest BCUT2D eigenvalue weighted by atomic mass is 10.1. The van der Waals surface area contributed by atoms with Gasteiger partial charge in [-0.25, -0.2) is 0 Å². The minimum absolute atomic E-state index is 0.193. The van der Waals surface area contributed by atoms with Crippen LogP contribution in [-0.4, -0.2) is 26.0 Å². The molecule has 0 amide bonds. The van der Waals surface area contributed by atoms with Crippen LogP contribution in [0.1, 0.15) is 30.9 Å². The molecule has 1 rings (SSSR count). The average molecular weight is 321 g/mol. The Morgan fingerprint density at radius 3 is 2.67 bits per heavy atom. The molecule has 0 aliphatic heterocycles. The summed E-state index contributed by atoms with van der Waals surface area (Å²) in [6, 6.07) is 4.59. The molecule has 0 fully saturated rings. The van der Waals surface area contributed by atoms with Gasteiger partial charge in [-0.1, -0.05) is 19.4 Å². The van der Waals surface area contributed by atoms with E-state index in [9.17, 15) is 13.2 Å². The summed E-state index contributed by atoms with van der Waals surface area (Å²) in [5.41, 5.74) is -0.271. The lowest BCUT2D eigenvalue weighted by molar-refractivity contribution is -0.138. The zero-order valence-corrected chi connectivity index (χ0v) is 13.2. The highest BCUT2D eigenvalue weighted by molar-refractivity contribution is 7.99. The number of thioether (sulfide) groups is 1. The second-order valence-corrected chi connectivity index (χ2v) is 5.86. The number of alkyl halides is 3. The first kappa shape index (κ1) is 18.3. The van der Waals surface area contributed by atoms with Crippen LogP contribution >= 0.6 is 11.8 Å². The molecule has 0 unspecified atom stereocenters. The molecule has 0 aliphatic rings. The van der Waals surface area contributed by atoms with Crippen LogP contribution in [0.2, 0.25) is 0 Å². The number of nitrogens with one attached hydrogen (secondary N) is 1. The van der Waals surface area contributed by atoms with Crippen LogP contribution in [0.15, 0.2) is 23.1 Å². The van der Waals surface area contributed by atoms with Gasteiger partial charge in [0.15, 0.2) is 0 Å². The predicted molar refractivity (Wildman–Crippen MR) is 80.7 cm³/mol. The van der Waals surface area contributed by atoms with Crippen LogP contribution in [0.4, 0.5) is 13.2 Å². The smallest absolute Gasteiger partial charge is 0.383 e. The van der Waals surface area contributed by atoms with Crippen molar-refractivity contribution >= 4 is 11.8 Å². The molecule has 0 radical (unpaired) electrons. The van der Waals surface area contributed by atoms with E-state index in [1.54, 1.807) is 19.2 Å². The van der Waals surface area contributed by atoms with Gasteiger partial charge in [-0.15, -0.1) is 11.8 Å². The molecule has 120 valence electrons. The Morgan fingerprint density at radius 2 is 2.05 bits per heavy atom. The van der Waals surface area contributed by atoms with Crippen molar-refractivity contribution in [2.75, 3.05) is 26.0 Å². The number of hydrogen-bond donors (Lipinski definition) is 1. The minimum atomic E-state index is -4.32. The SMILES string of the molecule is CCCCSc1ccc(CNCCOC)c(C(F)(F)F)c1. The van der Waals surface area contributed by atoms with E-state index in [1.165, 1.54) is 17.8 Å². The maximum atomic E-state index is 13.1. The normalized spacial score (nSPS) is 11.9. The standard InChI is InChI=1S/C15H22F3NOS/c1-3-4-9-21-13-6-5-12(11-19-7-8-20-2)14(10-13)15(16,17)18/h5-6,10,19H,3-4,7-9,11H2,1-2H3. The third-order valence-corrected chi connectivity index (χ3v) is 4.03. The van der Waals surface area contributed by atoms with Crippen molar-refractivity contribution in [2.24, 2.45) is 0 Å². The third kappa shape index (κ3) is 6.72. The van der Waals surface area contributed by atoms with Gasteiger partial charge in [0.2, 0.25) is 0 Å². The molecule has 0 aromatic heterocycles. The summed E-state index contributed by atoms with van der Waals surface area (Å²) >= 11 is 1.48. The fourth-order valence-corrected chi connectivity index (χ4v) is 2.83. The van der Waals surface area contributed by atoms with E-state index in [0.717, 1.165) is 18.6 Å². The molecule has 0 spiro atoms. The Morgan fingerprint density at radius 1 is 1.29 bits per heavy atom. The van der Waals surface area contributed by atoms with Crippen LogP contribution in [0.25, 0.3) is 0 Å². The van der Waals surface area contributed by atoms with Crippen molar-refractivity contribution in [3.05, 3.63) is 29.3 Å². The Bertz CT molecular complexity index is 424. The number of rotatable bonds is 9. The predicted octanol–water partition coefficient (Wildman–Crippen LogP) is 4.33. The Balaban J connectivity index is 2.77. The quantitative estimate of drug-likeness (QED) is 0.540. The van der Waals surface area contributed by atoms with Crippen LogP contribution in [0.5, 0.6) is 0 Å². The van der Waals surface area contributed by atoms with E-state index in [-0.39, 0.29) is 12.1 Å². The second kappa shape index (κ2) is 9.33. The molecule has 1 N–H and O–H groups in total.